The Labute approximate surface area is 165 Å². The Morgan fingerprint density at radius 3 is 2.54 bits per heavy atom. The molecule has 6 heteroatoms. The molecule has 2 amide bonds. The fourth-order valence-electron chi connectivity index (χ4n) is 4.03. The van der Waals surface area contributed by atoms with E-state index in [1.807, 2.05) is 36.4 Å². The van der Waals surface area contributed by atoms with Gasteiger partial charge >= 0.3 is 0 Å². The number of carbonyl (C=O) groups is 2. The minimum atomic E-state index is -2.41. The molecule has 1 aliphatic heterocycles. The molecule has 1 heterocycles. The lowest BCUT2D eigenvalue weighted by Gasteiger charge is -2.22. The summed E-state index contributed by atoms with van der Waals surface area (Å²) in [4.78, 5) is 25.2. The minimum absolute atomic E-state index is 0.0474. The highest BCUT2D eigenvalue weighted by Gasteiger charge is 2.36. The number of amides is 2. The summed E-state index contributed by atoms with van der Waals surface area (Å²) in [5.41, 5.74) is 4.16. The lowest BCUT2D eigenvalue weighted by molar-refractivity contribution is -0.121. The molecule has 2 aromatic rings. The highest BCUT2D eigenvalue weighted by atomic mass is 31.2. The summed E-state index contributed by atoms with van der Waals surface area (Å²) in [6.45, 7) is 4.20. The first-order valence-corrected chi connectivity index (χ1v) is 12.3. The second kappa shape index (κ2) is 7.21. The molecular weight excluding hydrogens is 371 g/mol. The van der Waals surface area contributed by atoms with Gasteiger partial charge in [0.05, 0.1) is 0 Å². The lowest BCUT2D eigenvalue weighted by Crippen LogP contribution is -2.37. The molecule has 2 aromatic carbocycles. The summed E-state index contributed by atoms with van der Waals surface area (Å²) in [5.74, 6) is 0.414. The van der Waals surface area contributed by atoms with Crippen LogP contribution in [0.25, 0.3) is 11.1 Å². The van der Waals surface area contributed by atoms with Crippen LogP contribution in [0, 0.1) is 0 Å². The van der Waals surface area contributed by atoms with E-state index in [0.29, 0.717) is 25.3 Å². The van der Waals surface area contributed by atoms with Crippen LogP contribution in [0.2, 0.25) is 0 Å². The second-order valence-electron chi connectivity index (χ2n) is 8.03. The molecule has 2 aliphatic rings. The van der Waals surface area contributed by atoms with Gasteiger partial charge in [0.1, 0.15) is 13.2 Å². The maximum absolute atomic E-state index is 12.8. The summed E-state index contributed by atoms with van der Waals surface area (Å²) < 4.78 is 12.8. The van der Waals surface area contributed by atoms with Crippen molar-refractivity contribution in [3.05, 3.63) is 48.0 Å². The maximum atomic E-state index is 12.8. The Balaban J connectivity index is 1.75. The number of benzene rings is 2. The van der Waals surface area contributed by atoms with Crippen molar-refractivity contribution in [2.24, 2.45) is 0 Å². The predicted molar refractivity (Wildman–Crippen MR) is 113 cm³/mol. The van der Waals surface area contributed by atoms with Gasteiger partial charge in [0.25, 0.3) is 0 Å². The summed E-state index contributed by atoms with van der Waals surface area (Å²) in [6, 6.07) is 13.6. The van der Waals surface area contributed by atoms with Crippen molar-refractivity contribution in [2.45, 2.75) is 31.2 Å². The number of nitrogens with one attached hydrogen (secondary N) is 1. The molecule has 5 nitrogen and oxygen atoms in total. The Kier molecular flexibility index (Phi) is 4.88. The van der Waals surface area contributed by atoms with Gasteiger partial charge in [-0.1, -0.05) is 30.3 Å². The molecule has 1 saturated carbocycles. The first-order chi connectivity index (χ1) is 13.4. The van der Waals surface area contributed by atoms with Crippen LogP contribution in [0.1, 0.15) is 30.7 Å². The van der Waals surface area contributed by atoms with Gasteiger partial charge in [-0.25, -0.2) is 0 Å². The van der Waals surface area contributed by atoms with Crippen LogP contribution in [0.5, 0.6) is 0 Å². The normalized spacial score (nSPS) is 19.7. The van der Waals surface area contributed by atoms with Crippen molar-refractivity contribution in [2.75, 3.05) is 24.8 Å². The average Bonchev–Trinajstić information content (AvgIpc) is 3.46. The van der Waals surface area contributed by atoms with Crippen LogP contribution < -0.4 is 15.5 Å². The molecule has 1 N–H and O–H groups in total. The molecule has 1 aliphatic carbocycles. The average molecular weight is 396 g/mol. The number of rotatable bonds is 6. The van der Waals surface area contributed by atoms with E-state index in [0.717, 1.165) is 35.0 Å². The van der Waals surface area contributed by atoms with E-state index >= 15 is 0 Å². The topological polar surface area (TPSA) is 66.5 Å². The van der Waals surface area contributed by atoms with Gasteiger partial charge in [-0.3, -0.25) is 9.59 Å². The van der Waals surface area contributed by atoms with E-state index in [-0.39, 0.29) is 5.91 Å². The van der Waals surface area contributed by atoms with Crippen molar-refractivity contribution < 1.29 is 14.2 Å². The van der Waals surface area contributed by atoms with Crippen LogP contribution >= 0.6 is 7.14 Å². The first-order valence-electron chi connectivity index (χ1n) is 9.70. The molecule has 1 atom stereocenters. The van der Waals surface area contributed by atoms with Gasteiger partial charge < -0.3 is 14.8 Å². The zero-order chi connectivity index (χ0) is 19.9. The molecule has 0 radical (unpaired) electrons. The fraction of sp³-hybridized carbons (Fsp3) is 0.364. The lowest BCUT2D eigenvalue weighted by atomic mass is 9.98. The van der Waals surface area contributed by atoms with E-state index in [9.17, 15) is 14.2 Å². The SMILES string of the molecule is CP(C)(=O)c1ccccc1-c1ccc(N2CCC(NC=O)C2=O)c(C2CC2)c1. The first kappa shape index (κ1) is 18.9. The number of carbonyl (C=O) groups excluding carboxylic acids is 2. The summed E-state index contributed by atoms with van der Waals surface area (Å²) in [5, 5.41) is 3.50. The van der Waals surface area contributed by atoms with Gasteiger partial charge in [0.2, 0.25) is 12.3 Å². The Bertz CT molecular complexity index is 977. The smallest absolute Gasteiger partial charge is 0.249 e. The van der Waals surface area contributed by atoms with E-state index in [2.05, 4.69) is 11.4 Å². The largest absolute Gasteiger partial charge is 0.347 e. The molecule has 0 spiro atoms. The van der Waals surface area contributed by atoms with Gasteiger partial charge in [-0.05, 0) is 67.3 Å². The van der Waals surface area contributed by atoms with E-state index in [1.54, 1.807) is 18.2 Å². The molecule has 28 heavy (non-hydrogen) atoms. The van der Waals surface area contributed by atoms with Crippen molar-refractivity contribution in [1.82, 2.24) is 5.32 Å². The molecule has 1 saturated heterocycles. The summed E-state index contributed by atoms with van der Waals surface area (Å²) in [7, 11) is -2.41. The van der Waals surface area contributed by atoms with Crippen LogP contribution in [0.15, 0.2) is 42.5 Å². The third-order valence-electron chi connectivity index (χ3n) is 5.61. The zero-order valence-electron chi connectivity index (χ0n) is 16.2. The molecule has 1 unspecified atom stereocenters. The highest BCUT2D eigenvalue weighted by molar-refractivity contribution is 7.70. The predicted octanol–water partition coefficient (Wildman–Crippen LogP) is 3.33. The third kappa shape index (κ3) is 3.51. The molecule has 146 valence electrons. The Hall–Kier alpha value is -2.39. The van der Waals surface area contributed by atoms with E-state index in [1.165, 1.54) is 5.56 Å². The van der Waals surface area contributed by atoms with Gasteiger partial charge in [0, 0.05) is 17.5 Å². The fourth-order valence-corrected chi connectivity index (χ4v) is 5.26. The van der Waals surface area contributed by atoms with Crippen molar-refractivity contribution >= 4 is 30.5 Å². The number of anilines is 1. The molecule has 4 rings (SSSR count). The van der Waals surface area contributed by atoms with Gasteiger partial charge in [-0.15, -0.1) is 0 Å². The zero-order valence-corrected chi connectivity index (χ0v) is 17.1. The standard InChI is InChI=1S/C22H25N2O3P/c1-28(2,27)21-6-4-3-5-17(21)16-9-10-20(18(13-16)15-7-8-15)24-12-11-19(22(24)26)23-14-25/h3-6,9-10,13-15,19H,7-8,11-12H2,1-2H3,(H,23,25). The second-order valence-corrected chi connectivity index (χ2v) is 11.2. The monoisotopic (exact) mass is 396 g/mol. The van der Waals surface area contributed by atoms with Crippen molar-refractivity contribution in [3.8, 4) is 11.1 Å². The summed E-state index contributed by atoms with van der Waals surface area (Å²) >= 11 is 0. The Morgan fingerprint density at radius 1 is 1.11 bits per heavy atom. The molecule has 0 bridgehead atoms. The third-order valence-corrected chi connectivity index (χ3v) is 7.16. The minimum Gasteiger partial charge on any atom is -0.347 e. The molecule has 2 fully saturated rings. The highest BCUT2D eigenvalue weighted by Crippen LogP contribution is 2.47. The van der Waals surface area contributed by atoms with E-state index < -0.39 is 13.2 Å². The van der Waals surface area contributed by atoms with Crippen LogP contribution in [-0.2, 0) is 14.2 Å². The number of hydrogen-bond acceptors (Lipinski definition) is 3. The molecular formula is C22H25N2O3P. The Morgan fingerprint density at radius 2 is 1.86 bits per heavy atom. The van der Waals surface area contributed by atoms with Crippen LogP contribution in [0.4, 0.5) is 5.69 Å². The van der Waals surface area contributed by atoms with Crippen molar-refractivity contribution in [1.29, 1.82) is 0 Å². The number of nitrogens with zero attached hydrogens (tertiary/aromatic N) is 1. The van der Waals surface area contributed by atoms with E-state index in [4.69, 9.17) is 0 Å². The van der Waals surface area contributed by atoms with Gasteiger partial charge in [-0.2, -0.15) is 0 Å². The summed E-state index contributed by atoms with van der Waals surface area (Å²) in [6.07, 6.45) is 3.47. The molecule has 0 aromatic heterocycles. The quantitative estimate of drug-likeness (QED) is 0.602. The van der Waals surface area contributed by atoms with Crippen LogP contribution in [-0.4, -0.2) is 38.2 Å². The van der Waals surface area contributed by atoms with Gasteiger partial charge in [0.15, 0.2) is 0 Å². The van der Waals surface area contributed by atoms with Crippen LogP contribution in [0.3, 0.4) is 0 Å². The van der Waals surface area contributed by atoms with Crippen molar-refractivity contribution in [3.63, 3.8) is 0 Å². The number of hydrogen-bond donors (Lipinski definition) is 1. The maximum Gasteiger partial charge on any atom is 0.249 e.